The number of halogens is 1. The van der Waals surface area contributed by atoms with Crippen molar-refractivity contribution in [3.05, 3.63) is 6.42 Å². The zero-order valence-electron chi connectivity index (χ0n) is 20.6. The molecule has 6 aliphatic carbocycles. The van der Waals surface area contributed by atoms with Crippen molar-refractivity contribution >= 4 is 18.1 Å². The van der Waals surface area contributed by atoms with Crippen molar-refractivity contribution < 1.29 is 35.2 Å². The van der Waals surface area contributed by atoms with E-state index < -0.39 is 0 Å². The van der Waals surface area contributed by atoms with Gasteiger partial charge in [-0.25, -0.2) is 0 Å². The third-order valence-electron chi connectivity index (χ3n) is 9.03. The van der Waals surface area contributed by atoms with E-state index >= 15 is 0 Å². The van der Waals surface area contributed by atoms with Crippen molar-refractivity contribution in [2.75, 3.05) is 20.6 Å². The second kappa shape index (κ2) is 16.6. The summed E-state index contributed by atoms with van der Waals surface area (Å²) in [6, 6.07) is 0. The number of rotatable bonds is 4. The third-order valence-corrected chi connectivity index (χ3v) is 11.3. The Morgan fingerprint density at radius 3 is 1.56 bits per heavy atom. The smallest absolute Gasteiger partial charge is 0 e. The van der Waals surface area contributed by atoms with Crippen molar-refractivity contribution in [1.29, 1.82) is 0 Å². The van der Waals surface area contributed by atoms with Gasteiger partial charge >= 0.3 is 27.7 Å². The van der Waals surface area contributed by atoms with E-state index in [1.807, 2.05) is 0 Å². The Morgan fingerprint density at radius 1 is 0.750 bits per heavy atom. The topological polar surface area (TPSA) is 3.24 Å². The number of fused-ring (bicyclic) bond motifs is 4. The summed E-state index contributed by atoms with van der Waals surface area (Å²) in [5, 5.41) is 0. The minimum Gasteiger partial charge on any atom is 0 e. The summed E-state index contributed by atoms with van der Waals surface area (Å²) in [6.45, 7) is 1.25. The van der Waals surface area contributed by atoms with Gasteiger partial charge in [0.2, 0.25) is 0 Å². The molecule has 6 aliphatic rings. The van der Waals surface area contributed by atoms with Crippen molar-refractivity contribution in [2.45, 2.75) is 114 Å². The van der Waals surface area contributed by atoms with Crippen LogP contribution < -0.4 is 0 Å². The molecule has 192 valence electrons. The standard InChI is InChI=1S/C14H23P.C8H16N.C5H10.ClH.Fe.Pd/c1-3-11-5-9(1)7-13(11)15-14-8-10-2-4-12(14)6-10;1-9(2)7-8-5-3-4-6-8;1-2-4-5-3-1;;;/h9-15H,1-8H2;5,8H,3-4,6-7H2,1-2H3;1-5H2;1H;;/q;-1;;;;+2/p-1/t9-,10+,11+,12-,13?,14?;;;;;. The van der Waals surface area contributed by atoms with Gasteiger partial charge < -0.3 is 11.3 Å². The quantitative estimate of drug-likeness (QED) is 0.175. The first-order valence-electron chi connectivity index (χ1n) is 13.5. The van der Waals surface area contributed by atoms with Gasteiger partial charge in [0.05, 0.1) is 0 Å². The summed E-state index contributed by atoms with van der Waals surface area (Å²) in [5.74, 6) is 5.61. The Hall–Kier alpha value is 1.86. The zero-order valence-corrected chi connectivity index (χ0v) is 25.0. The summed E-state index contributed by atoms with van der Waals surface area (Å²) >= 11 is 2.22. The molecule has 1 nitrogen and oxygen atoms in total. The minimum atomic E-state index is 0. The fraction of sp³-hybridized carbons (Fsp3) is 0.963. The van der Waals surface area contributed by atoms with Crippen LogP contribution in [-0.4, -0.2) is 36.9 Å². The van der Waals surface area contributed by atoms with Crippen molar-refractivity contribution in [1.82, 2.24) is 4.90 Å². The van der Waals surface area contributed by atoms with E-state index in [9.17, 15) is 0 Å². The molecule has 0 saturated heterocycles. The summed E-state index contributed by atoms with van der Waals surface area (Å²) in [7, 11) is 10.2. The predicted octanol–water partition coefficient (Wildman–Crippen LogP) is 8.23. The molecule has 0 aromatic rings. The van der Waals surface area contributed by atoms with Crippen LogP contribution in [-0.2, 0) is 35.2 Å². The molecule has 8 atom stereocenters. The van der Waals surface area contributed by atoms with Gasteiger partial charge in [-0.1, -0.05) is 57.8 Å². The van der Waals surface area contributed by atoms with E-state index in [2.05, 4.69) is 53.1 Å². The maximum atomic E-state index is 4.49. The van der Waals surface area contributed by atoms with Crippen molar-refractivity contribution in [3.8, 4) is 0 Å². The Balaban J connectivity index is 0.000000184. The number of hydrogen-bond donors (Lipinski definition) is 0. The third kappa shape index (κ3) is 9.72. The summed E-state index contributed by atoms with van der Waals surface area (Å²) < 4.78 is 0. The molecule has 5 heteroatoms. The maximum absolute atomic E-state index is 4.49. The van der Waals surface area contributed by atoms with Crippen LogP contribution in [0.5, 0.6) is 0 Å². The fourth-order valence-electron chi connectivity index (χ4n) is 7.54. The van der Waals surface area contributed by atoms with E-state index in [0.29, 0.717) is 0 Å². The molecule has 4 unspecified atom stereocenters. The largest absolute Gasteiger partial charge is 0 e. The van der Waals surface area contributed by atoms with Crippen LogP contribution in [0.2, 0.25) is 0 Å². The van der Waals surface area contributed by atoms with Crippen LogP contribution in [0.1, 0.15) is 103 Å². The van der Waals surface area contributed by atoms with Gasteiger partial charge in [-0.05, 0) is 94.2 Å². The molecule has 0 spiro atoms. The maximum Gasteiger partial charge on any atom is 0 e. The SMILES string of the molecule is C1CCCC1.C1C[C@@H]2C[C@H]1CC2PC1C[C@@H]2CC[C@H]1C2.CN(C)CC1[CH-]CCC1.[Cl][Pd+].[Fe]. The van der Waals surface area contributed by atoms with Crippen LogP contribution in [0, 0.1) is 36.0 Å². The van der Waals surface area contributed by atoms with Gasteiger partial charge in [0.1, 0.15) is 0 Å². The molecule has 4 bridgehead atoms. The molecule has 0 amide bonds. The average molecular weight is 616 g/mol. The second-order valence-electron chi connectivity index (χ2n) is 11.7. The molecule has 0 aromatic heterocycles. The van der Waals surface area contributed by atoms with E-state index in [1.165, 1.54) is 101 Å². The first-order valence-corrected chi connectivity index (χ1v) is 16.7. The second-order valence-corrected chi connectivity index (χ2v) is 13.5. The van der Waals surface area contributed by atoms with Crippen LogP contribution in [0.15, 0.2) is 0 Å². The molecular formula is C27H49ClFeNPPd. The molecule has 0 radical (unpaired) electrons. The van der Waals surface area contributed by atoms with Gasteiger partial charge in [0, 0.05) is 17.1 Å². The summed E-state index contributed by atoms with van der Waals surface area (Å²) in [6.07, 6.45) is 27.0. The molecule has 0 aliphatic heterocycles. The van der Waals surface area contributed by atoms with Crippen LogP contribution in [0.3, 0.4) is 0 Å². The molecular weight excluding hydrogens is 567 g/mol. The Labute approximate surface area is 227 Å². The van der Waals surface area contributed by atoms with Crippen LogP contribution >= 0.6 is 18.1 Å². The molecule has 0 heterocycles. The number of nitrogens with zero attached hydrogens (tertiary/aromatic N) is 1. The monoisotopic (exact) mass is 615 g/mol. The van der Waals surface area contributed by atoms with Crippen LogP contribution in [0.25, 0.3) is 0 Å². The van der Waals surface area contributed by atoms with Crippen molar-refractivity contribution in [3.63, 3.8) is 0 Å². The molecule has 0 aromatic carbocycles. The fourth-order valence-corrected chi connectivity index (χ4v) is 10.2. The van der Waals surface area contributed by atoms with Gasteiger partial charge in [0.15, 0.2) is 0 Å². The number of hydrogen-bond acceptors (Lipinski definition) is 1. The molecule has 6 rings (SSSR count). The first-order chi connectivity index (χ1) is 15.2. The van der Waals surface area contributed by atoms with E-state index in [1.54, 1.807) is 51.4 Å². The predicted molar refractivity (Wildman–Crippen MR) is 136 cm³/mol. The summed E-state index contributed by atoms with van der Waals surface area (Å²) in [4.78, 5) is 2.27. The molecule has 6 fully saturated rings. The van der Waals surface area contributed by atoms with Crippen LogP contribution in [0.4, 0.5) is 0 Å². The van der Waals surface area contributed by atoms with Gasteiger partial charge in [-0.3, -0.25) is 0 Å². The van der Waals surface area contributed by atoms with Gasteiger partial charge in [-0.2, -0.15) is 12.3 Å². The van der Waals surface area contributed by atoms with E-state index in [0.717, 1.165) is 5.92 Å². The van der Waals surface area contributed by atoms with Gasteiger partial charge in [0.25, 0.3) is 0 Å². The zero-order chi connectivity index (χ0) is 22.1. The Bertz CT molecular complexity index is 453. The normalized spacial score (nSPS) is 38.8. The summed E-state index contributed by atoms with van der Waals surface area (Å²) in [5.41, 5.74) is 2.40. The molecule has 32 heavy (non-hydrogen) atoms. The van der Waals surface area contributed by atoms with E-state index in [-0.39, 0.29) is 17.1 Å². The molecule has 6 saturated carbocycles. The van der Waals surface area contributed by atoms with Crippen molar-refractivity contribution in [2.24, 2.45) is 29.6 Å². The Morgan fingerprint density at radius 2 is 1.25 bits per heavy atom. The van der Waals surface area contributed by atoms with E-state index in [4.69, 9.17) is 0 Å². The average Bonchev–Trinajstić information content (AvgIpc) is 3.61. The minimum absolute atomic E-state index is 0. The van der Waals surface area contributed by atoms with Gasteiger partial charge in [-0.15, -0.1) is 8.58 Å². The first kappa shape index (κ1) is 30.1. The Kier molecular flexibility index (Phi) is 15.6. The molecule has 0 N–H and O–H groups in total.